The van der Waals surface area contributed by atoms with Crippen molar-refractivity contribution in [3.63, 3.8) is 0 Å². The lowest BCUT2D eigenvalue weighted by molar-refractivity contribution is -0.161. The summed E-state index contributed by atoms with van der Waals surface area (Å²) in [6, 6.07) is -1.52. The molecule has 0 heterocycles. The van der Waals surface area contributed by atoms with Gasteiger partial charge in [0.25, 0.3) is 0 Å². The molecule has 0 aromatic rings. The third kappa shape index (κ3) is 38.9. The average Bonchev–Trinajstić information content (AvgIpc) is 3.16. The van der Waals surface area contributed by atoms with Gasteiger partial charge in [-0.2, -0.15) is 0 Å². The Bertz CT molecular complexity index is 995. The molecular weight excluding hydrogens is 721 g/mol. The van der Waals surface area contributed by atoms with Gasteiger partial charge >= 0.3 is 25.7 Å². The smallest absolute Gasteiger partial charge is 0.472 e. The number of aliphatic carboxylic acids is 1. The highest BCUT2D eigenvalue weighted by Crippen LogP contribution is 2.43. The van der Waals surface area contributed by atoms with E-state index in [-0.39, 0.29) is 19.4 Å². The van der Waals surface area contributed by atoms with Gasteiger partial charge in [-0.05, 0) is 38.5 Å². The van der Waals surface area contributed by atoms with Gasteiger partial charge in [0.2, 0.25) is 0 Å². The molecule has 0 amide bonds. The maximum Gasteiger partial charge on any atom is 0.472 e. The quantitative estimate of drug-likeness (QED) is 0.0232. The average molecular weight is 804 g/mol. The summed E-state index contributed by atoms with van der Waals surface area (Å²) in [6.07, 6.45) is 38.4. The van der Waals surface area contributed by atoms with Crippen LogP contribution < -0.4 is 5.73 Å². The second kappa shape index (κ2) is 39.1. The first-order chi connectivity index (χ1) is 26.6. The van der Waals surface area contributed by atoms with E-state index in [0.29, 0.717) is 12.8 Å². The first-order valence-electron chi connectivity index (χ1n) is 22.2. The van der Waals surface area contributed by atoms with Gasteiger partial charge in [-0.15, -0.1) is 0 Å². The number of hydrogen-bond acceptors (Lipinski definition) is 9. The van der Waals surface area contributed by atoms with Gasteiger partial charge in [0, 0.05) is 12.8 Å². The zero-order valence-corrected chi connectivity index (χ0v) is 35.9. The van der Waals surface area contributed by atoms with E-state index in [1.54, 1.807) is 0 Å². The van der Waals surface area contributed by atoms with Crippen LogP contribution in [0.25, 0.3) is 0 Å². The summed E-state index contributed by atoms with van der Waals surface area (Å²) in [5, 5.41) is 8.88. The summed E-state index contributed by atoms with van der Waals surface area (Å²) in [5.74, 6) is -2.38. The van der Waals surface area contributed by atoms with E-state index >= 15 is 0 Å². The van der Waals surface area contributed by atoms with Gasteiger partial charge in [0.1, 0.15) is 12.6 Å². The molecule has 12 heteroatoms. The molecule has 0 aliphatic carbocycles. The Morgan fingerprint density at radius 3 is 1.33 bits per heavy atom. The second-order valence-electron chi connectivity index (χ2n) is 15.2. The van der Waals surface area contributed by atoms with Gasteiger partial charge in [-0.1, -0.05) is 174 Å². The van der Waals surface area contributed by atoms with Crippen LogP contribution >= 0.6 is 7.82 Å². The Balaban J connectivity index is 4.32. The number of carbonyl (C=O) groups is 3. The van der Waals surface area contributed by atoms with Gasteiger partial charge in [0.05, 0.1) is 13.2 Å². The van der Waals surface area contributed by atoms with Crippen LogP contribution in [0.2, 0.25) is 0 Å². The molecule has 324 valence electrons. The van der Waals surface area contributed by atoms with Crippen molar-refractivity contribution in [2.24, 2.45) is 5.73 Å². The van der Waals surface area contributed by atoms with Crippen molar-refractivity contribution in [3.8, 4) is 0 Å². The fourth-order valence-electron chi connectivity index (χ4n) is 6.24. The molecule has 1 unspecified atom stereocenters. The third-order valence-corrected chi connectivity index (χ3v) is 10.7. The van der Waals surface area contributed by atoms with Crippen molar-refractivity contribution >= 4 is 25.7 Å². The highest BCUT2D eigenvalue weighted by Gasteiger charge is 2.28. The van der Waals surface area contributed by atoms with Crippen molar-refractivity contribution in [1.82, 2.24) is 0 Å². The fraction of sp³-hybridized carbons (Fsp3) is 0.884. The van der Waals surface area contributed by atoms with E-state index in [9.17, 15) is 23.8 Å². The molecule has 0 rings (SSSR count). The van der Waals surface area contributed by atoms with Gasteiger partial charge in [-0.3, -0.25) is 23.4 Å². The minimum Gasteiger partial charge on any atom is -0.480 e. The molecule has 0 saturated heterocycles. The monoisotopic (exact) mass is 804 g/mol. The first-order valence-corrected chi connectivity index (χ1v) is 23.7. The number of carboxylic acids is 1. The summed E-state index contributed by atoms with van der Waals surface area (Å²) in [6.45, 7) is 2.81. The molecule has 0 saturated carbocycles. The van der Waals surface area contributed by atoms with Gasteiger partial charge < -0.3 is 25.2 Å². The molecule has 0 aromatic heterocycles. The Labute approximate surface area is 335 Å². The van der Waals surface area contributed by atoms with E-state index in [4.69, 9.17) is 24.8 Å². The van der Waals surface area contributed by atoms with Gasteiger partial charge in [0.15, 0.2) is 6.10 Å². The number of phosphoric acid groups is 1. The summed E-state index contributed by atoms with van der Waals surface area (Å²) in [7, 11) is -4.71. The van der Waals surface area contributed by atoms with Crippen LogP contribution in [0.4, 0.5) is 0 Å². The van der Waals surface area contributed by atoms with Crippen molar-refractivity contribution < 1.29 is 47.5 Å². The number of ether oxygens (including phenoxy) is 2. The Morgan fingerprint density at radius 1 is 0.545 bits per heavy atom. The largest absolute Gasteiger partial charge is 0.480 e. The number of carbonyl (C=O) groups excluding carboxylic acids is 2. The number of phosphoric ester groups is 1. The predicted octanol–water partition coefficient (Wildman–Crippen LogP) is 11.7. The molecular formula is C43H82NO10P. The van der Waals surface area contributed by atoms with Crippen LogP contribution in [0.1, 0.15) is 213 Å². The molecule has 0 spiro atoms. The maximum absolute atomic E-state index is 12.6. The van der Waals surface area contributed by atoms with Crippen LogP contribution in [0, 0.1) is 0 Å². The van der Waals surface area contributed by atoms with E-state index in [1.165, 1.54) is 116 Å². The highest BCUT2D eigenvalue weighted by atomic mass is 31.2. The van der Waals surface area contributed by atoms with Crippen molar-refractivity contribution in [3.05, 3.63) is 12.2 Å². The minimum absolute atomic E-state index is 0.155. The minimum atomic E-state index is -4.71. The Kier molecular flexibility index (Phi) is 37.8. The maximum atomic E-state index is 12.6. The Hall–Kier alpha value is -1.78. The zero-order chi connectivity index (χ0) is 40.7. The number of nitrogens with two attached hydrogens (primary N) is 1. The van der Waals surface area contributed by atoms with Crippen LogP contribution in [-0.4, -0.2) is 59.9 Å². The molecule has 11 nitrogen and oxygen atoms in total. The number of allylic oxidation sites excluding steroid dienone is 2. The van der Waals surface area contributed by atoms with Crippen LogP contribution in [0.3, 0.4) is 0 Å². The number of esters is 2. The van der Waals surface area contributed by atoms with E-state index < -0.39 is 51.1 Å². The summed E-state index contributed by atoms with van der Waals surface area (Å²) < 4.78 is 32.7. The SMILES string of the molecule is CCCCCCC/C=C/CCCCCCCC(=O)O[C@H](COC(=O)CCCCCCCCCCCCCCCCCCC)COP(=O)(O)OC[C@H](N)C(=O)O. The van der Waals surface area contributed by atoms with E-state index in [0.717, 1.165) is 57.8 Å². The molecule has 0 bridgehead atoms. The summed E-state index contributed by atoms with van der Waals surface area (Å²) in [5.41, 5.74) is 5.33. The fourth-order valence-corrected chi connectivity index (χ4v) is 7.02. The molecule has 0 aliphatic heterocycles. The standard InChI is InChI=1S/C43H82NO10P/c1-3-5-7-9-11-13-15-17-19-20-21-23-24-26-28-30-32-34-41(45)51-36-39(37-52-55(49,50)53-38-40(44)43(47)48)54-42(46)35-33-31-29-27-25-22-18-16-14-12-10-8-6-4-2/h16,18,39-40H,3-15,17,19-38,44H2,1-2H3,(H,47,48)(H,49,50)/b18-16+/t39-,40+/m1/s1. The molecule has 55 heavy (non-hydrogen) atoms. The second-order valence-corrected chi connectivity index (χ2v) is 16.6. The Morgan fingerprint density at radius 2 is 0.909 bits per heavy atom. The zero-order valence-electron chi connectivity index (χ0n) is 35.0. The number of carboxylic acid groups (broad SMARTS) is 1. The lowest BCUT2D eigenvalue weighted by Gasteiger charge is -2.20. The molecule has 0 aliphatic rings. The summed E-state index contributed by atoms with van der Waals surface area (Å²) >= 11 is 0. The molecule has 0 fully saturated rings. The first kappa shape index (κ1) is 53.2. The van der Waals surface area contributed by atoms with Crippen molar-refractivity contribution in [2.75, 3.05) is 19.8 Å². The highest BCUT2D eigenvalue weighted by molar-refractivity contribution is 7.47. The third-order valence-electron chi connectivity index (χ3n) is 9.76. The number of rotatable bonds is 42. The number of hydrogen-bond donors (Lipinski definition) is 3. The number of unbranched alkanes of at least 4 members (excludes halogenated alkanes) is 26. The van der Waals surface area contributed by atoms with Crippen LogP contribution in [0.15, 0.2) is 12.2 Å². The summed E-state index contributed by atoms with van der Waals surface area (Å²) in [4.78, 5) is 45.9. The predicted molar refractivity (Wildman–Crippen MR) is 222 cm³/mol. The normalized spacial score (nSPS) is 13.8. The van der Waals surface area contributed by atoms with E-state index in [1.807, 2.05) is 0 Å². The van der Waals surface area contributed by atoms with Crippen LogP contribution in [-0.2, 0) is 37.5 Å². The molecule has 0 aromatic carbocycles. The lowest BCUT2D eigenvalue weighted by Crippen LogP contribution is -2.34. The topological polar surface area (TPSA) is 172 Å². The van der Waals surface area contributed by atoms with Crippen molar-refractivity contribution in [1.29, 1.82) is 0 Å². The molecule has 0 radical (unpaired) electrons. The van der Waals surface area contributed by atoms with Crippen molar-refractivity contribution in [2.45, 2.75) is 225 Å². The molecule has 3 atom stereocenters. The molecule has 4 N–H and O–H groups in total. The van der Waals surface area contributed by atoms with E-state index in [2.05, 4.69) is 30.5 Å². The lowest BCUT2D eigenvalue weighted by atomic mass is 10.0. The van der Waals surface area contributed by atoms with Crippen LogP contribution in [0.5, 0.6) is 0 Å². The van der Waals surface area contributed by atoms with Gasteiger partial charge in [-0.25, -0.2) is 4.57 Å².